The highest BCUT2D eigenvalue weighted by Gasteiger charge is 2.38. The third kappa shape index (κ3) is 3.68. The number of nitrogens with zero attached hydrogens (tertiary/aromatic N) is 3. The van der Waals surface area contributed by atoms with Crippen LogP contribution in [0.4, 0.5) is 5.82 Å². The summed E-state index contributed by atoms with van der Waals surface area (Å²) < 4.78 is 6.09. The Labute approximate surface area is 177 Å². The second kappa shape index (κ2) is 7.96. The number of aromatic nitrogens is 2. The van der Waals surface area contributed by atoms with Gasteiger partial charge in [-0.25, -0.2) is 9.97 Å². The van der Waals surface area contributed by atoms with Crippen LogP contribution in [-0.2, 0) is 11.2 Å². The Morgan fingerprint density at radius 3 is 2.83 bits per heavy atom. The zero-order valence-corrected chi connectivity index (χ0v) is 17.6. The van der Waals surface area contributed by atoms with Crippen LogP contribution in [0.2, 0.25) is 0 Å². The van der Waals surface area contributed by atoms with E-state index < -0.39 is 0 Å². The van der Waals surface area contributed by atoms with Crippen molar-refractivity contribution in [3.05, 3.63) is 41.6 Å². The Kier molecular flexibility index (Phi) is 5.16. The van der Waals surface area contributed by atoms with Crippen LogP contribution >= 0.6 is 0 Å². The maximum atomic E-state index is 12.5. The first-order valence-corrected chi connectivity index (χ1v) is 10.9. The molecule has 0 saturated carbocycles. The fraction of sp³-hybridized carbons (Fsp3) is 0.522. The Morgan fingerprint density at radius 2 is 2.03 bits per heavy atom. The molecule has 1 aromatic carbocycles. The van der Waals surface area contributed by atoms with Crippen LogP contribution in [0.15, 0.2) is 30.3 Å². The van der Waals surface area contributed by atoms with Crippen molar-refractivity contribution < 1.29 is 9.53 Å². The molecule has 2 saturated heterocycles. The quantitative estimate of drug-likeness (QED) is 0.810. The van der Waals surface area contributed by atoms with Crippen molar-refractivity contribution in [2.45, 2.75) is 44.9 Å². The van der Waals surface area contributed by atoms with Crippen LogP contribution in [0, 0.1) is 5.92 Å². The molecule has 0 aliphatic carbocycles. The lowest BCUT2D eigenvalue weighted by Crippen LogP contribution is -2.48. The average Bonchev–Trinajstić information content (AvgIpc) is 3.16. The second-order valence-corrected chi connectivity index (χ2v) is 8.90. The van der Waals surface area contributed by atoms with E-state index in [0.29, 0.717) is 36.1 Å². The number of anilines is 1. The van der Waals surface area contributed by atoms with Gasteiger partial charge in [-0.15, -0.1) is 0 Å². The smallest absolute Gasteiger partial charge is 0.270 e. The van der Waals surface area contributed by atoms with Crippen LogP contribution in [0.25, 0.3) is 11.4 Å². The SMILES string of the molecule is CC(C)[C@@H]1CN2C[C@@H](Nc3nc(-c4ccccc4)nc4c3CCNC4=O)C[C@H]2CO1. The van der Waals surface area contributed by atoms with Crippen molar-refractivity contribution in [1.82, 2.24) is 20.2 Å². The normalized spacial score (nSPS) is 26.2. The first kappa shape index (κ1) is 19.5. The molecule has 30 heavy (non-hydrogen) atoms. The molecule has 7 nitrogen and oxygen atoms in total. The molecule has 5 rings (SSSR count). The van der Waals surface area contributed by atoms with Crippen molar-refractivity contribution >= 4 is 11.7 Å². The molecule has 3 atom stereocenters. The summed E-state index contributed by atoms with van der Waals surface area (Å²) in [5.74, 6) is 1.81. The van der Waals surface area contributed by atoms with Crippen LogP contribution in [0.5, 0.6) is 0 Å². The van der Waals surface area contributed by atoms with E-state index in [4.69, 9.17) is 9.72 Å². The Balaban J connectivity index is 1.42. The summed E-state index contributed by atoms with van der Waals surface area (Å²) in [5.41, 5.74) is 2.34. The van der Waals surface area contributed by atoms with Crippen molar-refractivity contribution in [2.24, 2.45) is 5.92 Å². The molecule has 0 radical (unpaired) electrons. The number of benzene rings is 1. The van der Waals surface area contributed by atoms with Crippen LogP contribution in [-0.4, -0.2) is 65.2 Å². The Bertz CT molecular complexity index is 933. The summed E-state index contributed by atoms with van der Waals surface area (Å²) in [7, 11) is 0. The molecule has 158 valence electrons. The van der Waals surface area contributed by atoms with E-state index in [1.54, 1.807) is 0 Å². The molecular formula is C23H29N5O2. The number of nitrogens with one attached hydrogen (secondary N) is 2. The van der Waals surface area contributed by atoms with E-state index in [1.165, 1.54) is 0 Å². The summed E-state index contributed by atoms with van der Waals surface area (Å²) in [6.45, 7) is 7.82. The van der Waals surface area contributed by atoms with E-state index in [9.17, 15) is 4.79 Å². The minimum absolute atomic E-state index is 0.115. The van der Waals surface area contributed by atoms with Gasteiger partial charge in [0.2, 0.25) is 0 Å². The lowest BCUT2D eigenvalue weighted by molar-refractivity contribution is -0.0683. The van der Waals surface area contributed by atoms with Gasteiger partial charge in [0.15, 0.2) is 5.82 Å². The first-order valence-electron chi connectivity index (χ1n) is 10.9. The highest BCUT2D eigenvalue weighted by atomic mass is 16.5. The zero-order chi connectivity index (χ0) is 20.7. The van der Waals surface area contributed by atoms with E-state index in [2.05, 4.69) is 34.4 Å². The summed E-state index contributed by atoms with van der Waals surface area (Å²) in [6, 6.07) is 10.6. The summed E-state index contributed by atoms with van der Waals surface area (Å²) >= 11 is 0. The van der Waals surface area contributed by atoms with Crippen LogP contribution in [0.3, 0.4) is 0 Å². The van der Waals surface area contributed by atoms with Gasteiger partial charge in [0, 0.05) is 42.8 Å². The fourth-order valence-corrected chi connectivity index (χ4v) is 4.73. The maximum absolute atomic E-state index is 12.5. The van der Waals surface area contributed by atoms with Gasteiger partial charge in [0.05, 0.1) is 12.7 Å². The van der Waals surface area contributed by atoms with Crippen molar-refractivity contribution in [2.75, 3.05) is 31.6 Å². The van der Waals surface area contributed by atoms with Crippen LogP contribution < -0.4 is 10.6 Å². The third-order valence-electron chi connectivity index (χ3n) is 6.44. The van der Waals surface area contributed by atoms with E-state index in [1.807, 2.05) is 30.3 Å². The highest BCUT2D eigenvalue weighted by molar-refractivity contribution is 5.96. The molecule has 0 spiro atoms. The van der Waals surface area contributed by atoms with Gasteiger partial charge in [-0.05, 0) is 18.8 Å². The summed E-state index contributed by atoms with van der Waals surface area (Å²) in [4.78, 5) is 24.5. The van der Waals surface area contributed by atoms with Crippen molar-refractivity contribution in [3.8, 4) is 11.4 Å². The number of ether oxygens (including phenoxy) is 1. The third-order valence-corrected chi connectivity index (χ3v) is 6.44. The predicted octanol–water partition coefficient (Wildman–Crippen LogP) is 2.34. The number of morpholine rings is 1. The number of carbonyl (C=O) groups is 1. The van der Waals surface area contributed by atoms with E-state index in [-0.39, 0.29) is 11.9 Å². The first-order chi connectivity index (χ1) is 14.6. The second-order valence-electron chi connectivity index (χ2n) is 8.90. The summed E-state index contributed by atoms with van der Waals surface area (Å²) in [5, 5.41) is 6.58. The Morgan fingerprint density at radius 1 is 1.20 bits per heavy atom. The standard InChI is InChI=1S/C23H29N5O2/c1-14(2)19-12-28-11-16(10-17(28)13-30-19)25-22-18-8-9-24-23(29)20(18)26-21(27-22)15-6-4-3-5-7-15/h3-7,14,16-17,19H,8-13H2,1-2H3,(H,24,29)(H,25,26,27)/t16-,17-,19-/m0/s1. The van der Waals surface area contributed by atoms with E-state index >= 15 is 0 Å². The molecule has 2 fully saturated rings. The van der Waals surface area contributed by atoms with Gasteiger partial charge in [0.1, 0.15) is 11.5 Å². The molecule has 3 aliphatic heterocycles. The lowest BCUT2D eigenvalue weighted by atomic mass is 10.0. The predicted molar refractivity (Wildman–Crippen MR) is 115 cm³/mol. The number of carbonyl (C=O) groups excluding carboxylic acids is 1. The molecule has 0 unspecified atom stereocenters. The molecular weight excluding hydrogens is 378 g/mol. The molecule has 3 aliphatic rings. The largest absolute Gasteiger partial charge is 0.375 e. The molecule has 7 heteroatoms. The molecule has 0 bridgehead atoms. The molecule has 2 N–H and O–H groups in total. The Hall–Kier alpha value is -2.51. The average molecular weight is 408 g/mol. The minimum atomic E-state index is -0.115. The van der Waals surface area contributed by atoms with Crippen molar-refractivity contribution in [3.63, 3.8) is 0 Å². The number of fused-ring (bicyclic) bond motifs is 2. The highest BCUT2D eigenvalue weighted by Crippen LogP contribution is 2.30. The van der Waals surface area contributed by atoms with Gasteiger partial charge >= 0.3 is 0 Å². The van der Waals surface area contributed by atoms with Gasteiger partial charge < -0.3 is 15.4 Å². The van der Waals surface area contributed by atoms with E-state index in [0.717, 1.165) is 49.5 Å². The monoisotopic (exact) mass is 407 g/mol. The molecule has 4 heterocycles. The molecule has 2 aromatic rings. The van der Waals surface area contributed by atoms with Crippen molar-refractivity contribution in [1.29, 1.82) is 0 Å². The number of hydrogen-bond acceptors (Lipinski definition) is 6. The fourth-order valence-electron chi connectivity index (χ4n) is 4.73. The number of amides is 1. The topological polar surface area (TPSA) is 79.4 Å². The van der Waals surface area contributed by atoms with Gasteiger partial charge in [0.25, 0.3) is 5.91 Å². The van der Waals surface area contributed by atoms with Gasteiger partial charge in [-0.3, -0.25) is 9.69 Å². The van der Waals surface area contributed by atoms with Gasteiger partial charge in [-0.2, -0.15) is 0 Å². The molecule has 1 amide bonds. The minimum Gasteiger partial charge on any atom is -0.375 e. The number of hydrogen-bond donors (Lipinski definition) is 2. The zero-order valence-electron chi connectivity index (χ0n) is 17.6. The lowest BCUT2D eigenvalue weighted by Gasteiger charge is -2.36. The van der Waals surface area contributed by atoms with Crippen LogP contribution in [0.1, 0.15) is 36.3 Å². The maximum Gasteiger partial charge on any atom is 0.270 e. The summed E-state index contributed by atoms with van der Waals surface area (Å²) in [6.07, 6.45) is 2.08. The number of rotatable bonds is 4. The van der Waals surface area contributed by atoms with Gasteiger partial charge in [-0.1, -0.05) is 44.2 Å². The molecule has 1 aromatic heterocycles.